The maximum absolute atomic E-state index is 12.3. The molecule has 0 radical (unpaired) electrons. The van der Waals surface area contributed by atoms with Crippen LogP contribution in [0.4, 0.5) is 0 Å². The molecule has 6 nitrogen and oxygen atoms in total. The zero-order valence-corrected chi connectivity index (χ0v) is 15.6. The molecule has 1 fully saturated rings. The summed E-state index contributed by atoms with van der Waals surface area (Å²) in [7, 11) is 2.98. The van der Waals surface area contributed by atoms with Crippen molar-refractivity contribution < 1.29 is 23.8 Å². The van der Waals surface area contributed by atoms with Crippen molar-refractivity contribution in [1.29, 1.82) is 0 Å². The fourth-order valence-corrected chi connectivity index (χ4v) is 3.21. The molecule has 1 amide bonds. The van der Waals surface area contributed by atoms with Crippen molar-refractivity contribution in [2.45, 2.75) is 44.8 Å². The van der Waals surface area contributed by atoms with Crippen molar-refractivity contribution in [2.24, 2.45) is 0 Å². The fourth-order valence-electron chi connectivity index (χ4n) is 2.66. The van der Waals surface area contributed by atoms with E-state index in [-0.39, 0.29) is 17.5 Å². The minimum atomic E-state index is -0.862. The molecule has 0 bridgehead atoms. The third-order valence-electron chi connectivity index (χ3n) is 4.04. The highest BCUT2D eigenvalue weighted by Crippen LogP contribution is 2.35. The second-order valence-electron chi connectivity index (χ2n) is 5.73. The fraction of sp³-hybridized carbons (Fsp3) is 0.529. The Labute approximate surface area is 150 Å². The molecule has 1 aliphatic carbocycles. The van der Waals surface area contributed by atoms with Crippen LogP contribution in [0, 0.1) is 0 Å². The lowest BCUT2D eigenvalue weighted by molar-refractivity contribution is -0.129. The predicted octanol–water partition coefficient (Wildman–Crippen LogP) is 3.07. The van der Waals surface area contributed by atoms with Gasteiger partial charge in [-0.05, 0) is 47.8 Å². The molecule has 2 rings (SSSR count). The quantitative estimate of drug-likeness (QED) is 0.743. The van der Waals surface area contributed by atoms with Gasteiger partial charge in [0.05, 0.1) is 19.8 Å². The van der Waals surface area contributed by atoms with Crippen LogP contribution >= 0.6 is 15.9 Å². The van der Waals surface area contributed by atoms with E-state index in [2.05, 4.69) is 21.2 Å². The number of methoxy groups -OCH3 is 2. The molecule has 0 aliphatic heterocycles. The lowest BCUT2D eigenvalue weighted by Crippen LogP contribution is -2.40. The lowest BCUT2D eigenvalue weighted by Gasteiger charge is -2.17. The minimum Gasteiger partial charge on any atom is -0.495 e. The molecule has 1 aromatic carbocycles. The Bertz CT molecular complexity index is 588. The zero-order valence-electron chi connectivity index (χ0n) is 14.1. The molecule has 1 atom stereocenters. The normalized spacial score (nSPS) is 15.7. The van der Waals surface area contributed by atoms with Gasteiger partial charge in [0.1, 0.15) is 16.0 Å². The first-order valence-electron chi connectivity index (χ1n) is 7.89. The topological polar surface area (TPSA) is 73.9 Å². The van der Waals surface area contributed by atoms with E-state index in [4.69, 9.17) is 14.2 Å². The molecule has 0 saturated heterocycles. The SMILES string of the molecule is COc1cc(C(=O)OC(C)C(=O)NC2CCCC2)cc(OC)c1Br. The van der Waals surface area contributed by atoms with Crippen LogP contribution in [0.3, 0.4) is 0 Å². The number of esters is 1. The number of ether oxygens (including phenoxy) is 3. The predicted molar refractivity (Wildman–Crippen MR) is 92.5 cm³/mol. The molecular formula is C17H22BrNO5. The van der Waals surface area contributed by atoms with Crippen LogP contribution < -0.4 is 14.8 Å². The second-order valence-corrected chi connectivity index (χ2v) is 6.53. The average Bonchev–Trinajstić information content (AvgIpc) is 3.07. The van der Waals surface area contributed by atoms with Crippen LogP contribution in [-0.4, -0.2) is 38.2 Å². The first kappa shape index (κ1) is 18.6. The summed E-state index contributed by atoms with van der Waals surface area (Å²) in [6.45, 7) is 1.56. The molecule has 132 valence electrons. The smallest absolute Gasteiger partial charge is 0.339 e. The highest BCUT2D eigenvalue weighted by Gasteiger charge is 2.24. The summed E-state index contributed by atoms with van der Waals surface area (Å²) in [4.78, 5) is 24.4. The first-order valence-corrected chi connectivity index (χ1v) is 8.68. The van der Waals surface area contributed by atoms with Gasteiger partial charge in [-0.2, -0.15) is 0 Å². The number of benzene rings is 1. The number of hydrogen-bond acceptors (Lipinski definition) is 5. The zero-order chi connectivity index (χ0) is 17.7. The molecule has 24 heavy (non-hydrogen) atoms. The van der Waals surface area contributed by atoms with Crippen molar-refractivity contribution >= 4 is 27.8 Å². The summed E-state index contributed by atoms with van der Waals surface area (Å²) in [6, 6.07) is 3.26. The van der Waals surface area contributed by atoms with Gasteiger partial charge >= 0.3 is 5.97 Å². The van der Waals surface area contributed by atoms with Gasteiger partial charge in [-0.15, -0.1) is 0 Å². The monoisotopic (exact) mass is 399 g/mol. The maximum atomic E-state index is 12.3. The Morgan fingerprint density at radius 1 is 1.17 bits per heavy atom. The van der Waals surface area contributed by atoms with Gasteiger partial charge in [-0.1, -0.05) is 12.8 Å². The number of nitrogens with one attached hydrogen (secondary N) is 1. The Kier molecular flexibility index (Phi) is 6.48. The number of rotatable bonds is 6. The van der Waals surface area contributed by atoms with Crippen LogP contribution in [0.1, 0.15) is 43.0 Å². The third-order valence-corrected chi connectivity index (χ3v) is 4.82. The Balaban J connectivity index is 2.04. The van der Waals surface area contributed by atoms with Crippen molar-refractivity contribution in [2.75, 3.05) is 14.2 Å². The van der Waals surface area contributed by atoms with Gasteiger partial charge in [0.2, 0.25) is 0 Å². The van der Waals surface area contributed by atoms with E-state index in [0.717, 1.165) is 25.7 Å². The summed E-state index contributed by atoms with van der Waals surface area (Å²) < 4.78 is 16.3. The van der Waals surface area contributed by atoms with E-state index in [0.29, 0.717) is 16.0 Å². The van der Waals surface area contributed by atoms with Crippen LogP contribution in [0.2, 0.25) is 0 Å². The van der Waals surface area contributed by atoms with Crippen molar-refractivity contribution in [3.05, 3.63) is 22.2 Å². The first-order chi connectivity index (χ1) is 11.5. The van der Waals surface area contributed by atoms with Gasteiger partial charge in [0, 0.05) is 6.04 Å². The van der Waals surface area contributed by atoms with E-state index >= 15 is 0 Å². The van der Waals surface area contributed by atoms with Crippen molar-refractivity contribution in [1.82, 2.24) is 5.32 Å². The van der Waals surface area contributed by atoms with E-state index < -0.39 is 12.1 Å². The third kappa shape index (κ3) is 4.41. The van der Waals surface area contributed by atoms with E-state index in [1.165, 1.54) is 26.4 Å². The van der Waals surface area contributed by atoms with Crippen LogP contribution in [0.25, 0.3) is 0 Å². The molecule has 1 unspecified atom stereocenters. The molecule has 0 aromatic heterocycles. The molecule has 0 spiro atoms. The molecule has 1 aliphatic rings. The molecule has 1 aromatic rings. The minimum absolute atomic E-state index is 0.187. The summed E-state index contributed by atoms with van der Waals surface area (Å²) in [5, 5.41) is 2.92. The van der Waals surface area contributed by atoms with Crippen LogP contribution in [0.5, 0.6) is 11.5 Å². The highest BCUT2D eigenvalue weighted by atomic mass is 79.9. The molecule has 1 N–H and O–H groups in total. The standard InChI is InChI=1S/C17H22BrNO5/c1-10(16(20)19-12-6-4-5-7-12)24-17(21)11-8-13(22-2)15(18)14(9-11)23-3/h8-10,12H,4-7H2,1-3H3,(H,19,20). The lowest BCUT2D eigenvalue weighted by atomic mass is 10.2. The summed E-state index contributed by atoms with van der Waals surface area (Å²) >= 11 is 3.34. The maximum Gasteiger partial charge on any atom is 0.339 e. The van der Waals surface area contributed by atoms with E-state index in [1.807, 2.05) is 0 Å². The van der Waals surface area contributed by atoms with E-state index in [1.54, 1.807) is 6.92 Å². The summed E-state index contributed by atoms with van der Waals surface area (Å²) in [5.41, 5.74) is 0.257. The van der Waals surface area contributed by atoms with Gasteiger partial charge in [-0.25, -0.2) is 4.79 Å². The van der Waals surface area contributed by atoms with Crippen LogP contribution in [-0.2, 0) is 9.53 Å². The molecule has 7 heteroatoms. The second kappa shape index (κ2) is 8.37. The molecular weight excluding hydrogens is 378 g/mol. The van der Waals surface area contributed by atoms with E-state index in [9.17, 15) is 9.59 Å². The number of carbonyl (C=O) groups excluding carboxylic acids is 2. The molecule has 0 heterocycles. The molecule has 1 saturated carbocycles. The summed E-state index contributed by atoms with van der Waals surface area (Å²) in [6.07, 6.45) is 3.34. The number of amides is 1. The Morgan fingerprint density at radius 3 is 2.21 bits per heavy atom. The number of hydrogen-bond donors (Lipinski definition) is 1. The largest absolute Gasteiger partial charge is 0.495 e. The van der Waals surface area contributed by atoms with Gasteiger partial charge in [-0.3, -0.25) is 4.79 Å². The van der Waals surface area contributed by atoms with Crippen LogP contribution in [0.15, 0.2) is 16.6 Å². The van der Waals surface area contributed by atoms with Gasteiger partial charge in [0.15, 0.2) is 6.10 Å². The summed E-state index contributed by atoms with van der Waals surface area (Å²) in [5.74, 6) is 0.0215. The van der Waals surface area contributed by atoms with Gasteiger partial charge < -0.3 is 19.5 Å². The number of halogens is 1. The van der Waals surface area contributed by atoms with Crippen molar-refractivity contribution in [3.63, 3.8) is 0 Å². The van der Waals surface area contributed by atoms with Crippen molar-refractivity contribution in [3.8, 4) is 11.5 Å². The Morgan fingerprint density at radius 2 is 1.71 bits per heavy atom. The number of carbonyl (C=O) groups is 2. The Hall–Kier alpha value is -1.76. The average molecular weight is 400 g/mol. The highest BCUT2D eigenvalue weighted by molar-refractivity contribution is 9.10. The van der Waals surface area contributed by atoms with Gasteiger partial charge in [0.25, 0.3) is 5.91 Å².